The van der Waals surface area contributed by atoms with Crippen molar-refractivity contribution in [3.05, 3.63) is 35.9 Å². The Bertz CT molecular complexity index is 348. The Hall–Kier alpha value is -1.35. The first-order chi connectivity index (χ1) is 8.06. The Morgan fingerprint density at radius 2 is 1.88 bits per heavy atom. The fourth-order valence-corrected chi connectivity index (χ4v) is 1.82. The number of carbonyl (C=O) groups is 1. The van der Waals surface area contributed by atoms with Gasteiger partial charge in [-0.15, -0.1) is 0 Å². The summed E-state index contributed by atoms with van der Waals surface area (Å²) in [6.07, 6.45) is 0.922. The minimum Gasteiger partial charge on any atom is -0.351 e. The van der Waals surface area contributed by atoms with Crippen LogP contribution in [-0.2, 0) is 4.79 Å². The lowest BCUT2D eigenvalue weighted by Gasteiger charge is -2.23. The van der Waals surface area contributed by atoms with Gasteiger partial charge in [-0.3, -0.25) is 4.79 Å². The number of rotatable bonds is 5. The highest BCUT2D eigenvalue weighted by Crippen LogP contribution is 2.12. The third kappa shape index (κ3) is 3.86. The third-order valence-corrected chi connectivity index (χ3v) is 3.01. The maximum atomic E-state index is 12.0. The van der Waals surface area contributed by atoms with Gasteiger partial charge in [-0.2, -0.15) is 0 Å². The number of carbonyl (C=O) groups excluding carboxylic acids is 1. The van der Waals surface area contributed by atoms with E-state index in [0.717, 1.165) is 12.0 Å². The molecule has 1 amide bonds. The van der Waals surface area contributed by atoms with Crippen LogP contribution in [0.15, 0.2) is 30.3 Å². The van der Waals surface area contributed by atoms with E-state index in [9.17, 15) is 4.79 Å². The Morgan fingerprint density at radius 3 is 2.35 bits per heavy atom. The molecule has 1 aromatic rings. The second-order valence-electron chi connectivity index (χ2n) is 4.66. The van der Waals surface area contributed by atoms with Gasteiger partial charge < -0.3 is 11.1 Å². The van der Waals surface area contributed by atoms with E-state index in [0.29, 0.717) is 5.92 Å². The van der Waals surface area contributed by atoms with E-state index in [-0.39, 0.29) is 11.9 Å². The molecule has 0 spiro atoms. The van der Waals surface area contributed by atoms with Gasteiger partial charge in [0, 0.05) is 6.04 Å². The van der Waals surface area contributed by atoms with Crippen molar-refractivity contribution in [1.29, 1.82) is 0 Å². The van der Waals surface area contributed by atoms with Crippen LogP contribution in [0.5, 0.6) is 0 Å². The summed E-state index contributed by atoms with van der Waals surface area (Å²) in [4.78, 5) is 12.0. The van der Waals surface area contributed by atoms with E-state index in [1.165, 1.54) is 0 Å². The van der Waals surface area contributed by atoms with Crippen LogP contribution < -0.4 is 11.1 Å². The molecule has 3 nitrogen and oxygen atoms in total. The van der Waals surface area contributed by atoms with Crippen molar-refractivity contribution in [3.8, 4) is 0 Å². The van der Waals surface area contributed by atoms with E-state index < -0.39 is 6.04 Å². The van der Waals surface area contributed by atoms with Gasteiger partial charge in [0.15, 0.2) is 0 Å². The first-order valence-corrected chi connectivity index (χ1v) is 6.17. The summed E-state index contributed by atoms with van der Waals surface area (Å²) in [5.41, 5.74) is 6.78. The Kier molecular flexibility index (Phi) is 5.16. The molecule has 0 radical (unpaired) electrons. The predicted molar refractivity (Wildman–Crippen MR) is 70.4 cm³/mol. The highest BCUT2D eigenvalue weighted by molar-refractivity contribution is 5.83. The van der Waals surface area contributed by atoms with Crippen LogP contribution in [-0.4, -0.2) is 11.9 Å². The molecule has 17 heavy (non-hydrogen) atoms. The largest absolute Gasteiger partial charge is 0.351 e. The molecule has 1 aromatic carbocycles. The number of benzene rings is 1. The van der Waals surface area contributed by atoms with Crippen molar-refractivity contribution >= 4 is 5.91 Å². The smallest absolute Gasteiger partial charge is 0.241 e. The van der Waals surface area contributed by atoms with Crippen LogP contribution in [0.3, 0.4) is 0 Å². The summed E-state index contributed by atoms with van der Waals surface area (Å²) in [5, 5.41) is 3.00. The van der Waals surface area contributed by atoms with Crippen LogP contribution in [0.25, 0.3) is 0 Å². The second-order valence-corrected chi connectivity index (χ2v) is 4.66. The van der Waals surface area contributed by atoms with E-state index in [2.05, 4.69) is 26.1 Å². The maximum Gasteiger partial charge on any atom is 0.241 e. The first kappa shape index (κ1) is 13.7. The standard InChI is InChI=1S/C14H22N2O/c1-4-12(10(2)3)16-14(17)13(15)11-8-6-5-7-9-11/h5-10,12-13H,4,15H2,1-3H3,(H,16,17)/t12-,13-/m1/s1. The van der Waals surface area contributed by atoms with Crippen molar-refractivity contribution in [2.75, 3.05) is 0 Å². The average molecular weight is 234 g/mol. The van der Waals surface area contributed by atoms with E-state index in [1.807, 2.05) is 30.3 Å². The summed E-state index contributed by atoms with van der Waals surface area (Å²) in [6, 6.07) is 9.06. The topological polar surface area (TPSA) is 55.1 Å². The van der Waals surface area contributed by atoms with E-state index >= 15 is 0 Å². The van der Waals surface area contributed by atoms with Crippen molar-refractivity contribution in [3.63, 3.8) is 0 Å². The molecule has 0 aliphatic rings. The van der Waals surface area contributed by atoms with Crippen LogP contribution in [0.4, 0.5) is 0 Å². The fraction of sp³-hybridized carbons (Fsp3) is 0.500. The molecule has 0 bridgehead atoms. The van der Waals surface area contributed by atoms with Crippen molar-refractivity contribution < 1.29 is 4.79 Å². The van der Waals surface area contributed by atoms with Crippen LogP contribution in [0, 0.1) is 5.92 Å². The van der Waals surface area contributed by atoms with E-state index in [1.54, 1.807) is 0 Å². The molecular weight excluding hydrogens is 212 g/mol. The SMILES string of the molecule is CC[C@@H](NC(=O)[C@H](N)c1ccccc1)C(C)C. The maximum absolute atomic E-state index is 12.0. The van der Waals surface area contributed by atoms with Crippen molar-refractivity contribution in [2.24, 2.45) is 11.7 Å². The predicted octanol–water partition coefficient (Wildman–Crippen LogP) is 2.24. The molecule has 3 N–H and O–H groups in total. The minimum absolute atomic E-state index is 0.100. The lowest BCUT2D eigenvalue weighted by atomic mass is 10.0. The number of hydrogen-bond donors (Lipinski definition) is 2. The van der Waals surface area contributed by atoms with Gasteiger partial charge in [0.05, 0.1) is 0 Å². The molecule has 0 fully saturated rings. The van der Waals surface area contributed by atoms with Gasteiger partial charge in [0.2, 0.25) is 5.91 Å². The zero-order chi connectivity index (χ0) is 12.8. The summed E-state index contributed by atoms with van der Waals surface area (Å²) in [5.74, 6) is 0.323. The number of nitrogens with two attached hydrogens (primary N) is 1. The lowest BCUT2D eigenvalue weighted by Crippen LogP contribution is -2.42. The van der Waals surface area contributed by atoms with Crippen LogP contribution in [0.2, 0.25) is 0 Å². The zero-order valence-corrected chi connectivity index (χ0v) is 10.8. The summed E-state index contributed by atoms with van der Waals surface area (Å²) >= 11 is 0. The van der Waals surface area contributed by atoms with Gasteiger partial charge in [0.1, 0.15) is 6.04 Å². The molecule has 0 unspecified atom stereocenters. The van der Waals surface area contributed by atoms with Crippen LogP contribution >= 0.6 is 0 Å². The number of hydrogen-bond acceptors (Lipinski definition) is 2. The van der Waals surface area contributed by atoms with Crippen molar-refractivity contribution in [1.82, 2.24) is 5.32 Å². The molecule has 1 rings (SSSR count). The second kappa shape index (κ2) is 6.40. The Balaban J connectivity index is 2.64. The van der Waals surface area contributed by atoms with Gasteiger partial charge in [-0.25, -0.2) is 0 Å². The Morgan fingerprint density at radius 1 is 1.29 bits per heavy atom. The molecule has 0 aliphatic heterocycles. The number of amides is 1. The van der Waals surface area contributed by atoms with Gasteiger partial charge in [-0.1, -0.05) is 51.1 Å². The molecule has 0 saturated heterocycles. The third-order valence-electron chi connectivity index (χ3n) is 3.01. The fourth-order valence-electron chi connectivity index (χ4n) is 1.82. The summed E-state index contributed by atoms with van der Waals surface area (Å²) in [7, 11) is 0. The van der Waals surface area contributed by atoms with Crippen LogP contribution in [0.1, 0.15) is 38.8 Å². The Labute approximate surface area is 103 Å². The molecule has 3 heteroatoms. The van der Waals surface area contributed by atoms with Gasteiger partial charge >= 0.3 is 0 Å². The molecule has 0 heterocycles. The van der Waals surface area contributed by atoms with Gasteiger partial charge in [0.25, 0.3) is 0 Å². The van der Waals surface area contributed by atoms with Gasteiger partial charge in [-0.05, 0) is 17.9 Å². The highest BCUT2D eigenvalue weighted by atomic mass is 16.2. The van der Waals surface area contributed by atoms with E-state index in [4.69, 9.17) is 5.73 Å². The molecular formula is C14H22N2O. The molecule has 0 saturated carbocycles. The molecule has 2 atom stereocenters. The minimum atomic E-state index is -0.580. The molecule has 94 valence electrons. The quantitative estimate of drug-likeness (QED) is 0.821. The monoisotopic (exact) mass is 234 g/mol. The lowest BCUT2D eigenvalue weighted by molar-refractivity contribution is -0.123. The molecule has 0 aliphatic carbocycles. The summed E-state index contributed by atoms with van der Waals surface area (Å²) < 4.78 is 0. The van der Waals surface area contributed by atoms with Crippen molar-refractivity contribution in [2.45, 2.75) is 39.3 Å². The molecule has 0 aromatic heterocycles. The zero-order valence-electron chi connectivity index (χ0n) is 10.8. The first-order valence-electron chi connectivity index (χ1n) is 6.17. The highest BCUT2D eigenvalue weighted by Gasteiger charge is 2.20. The average Bonchev–Trinajstić information content (AvgIpc) is 2.35. The normalized spacial score (nSPS) is 14.4. The summed E-state index contributed by atoms with van der Waals surface area (Å²) in [6.45, 7) is 6.27. The number of nitrogens with one attached hydrogen (secondary N) is 1.